The van der Waals surface area contributed by atoms with Gasteiger partial charge in [-0.1, -0.05) is 29.8 Å². The van der Waals surface area contributed by atoms with Crippen molar-refractivity contribution in [1.82, 2.24) is 10.2 Å². The summed E-state index contributed by atoms with van der Waals surface area (Å²) in [5.41, 5.74) is 2.81. The maximum Gasteiger partial charge on any atom is 0.258 e. The van der Waals surface area contributed by atoms with E-state index in [2.05, 4.69) is 40.6 Å². The topological polar surface area (TPSA) is 74.6 Å². The van der Waals surface area contributed by atoms with Crippen molar-refractivity contribution < 1.29 is 14.3 Å². The minimum Gasteiger partial charge on any atom is -0.484 e. The van der Waals surface area contributed by atoms with Gasteiger partial charge in [-0.3, -0.25) is 9.69 Å². The van der Waals surface area contributed by atoms with E-state index in [1.807, 2.05) is 6.92 Å². The highest BCUT2D eigenvalue weighted by atomic mass is 16.5. The Bertz CT molecular complexity index is 806. The van der Waals surface area contributed by atoms with Gasteiger partial charge in [0.2, 0.25) is 0 Å². The lowest BCUT2D eigenvalue weighted by molar-refractivity contribution is -0.124. The first-order valence-corrected chi connectivity index (χ1v) is 9.43. The van der Waals surface area contributed by atoms with Gasteiger partial charge in [-0.25, -0.2) is 0 Å². The SMILES string of the molecule is Cc1ccc([C@H](CN2CCOCC2)NC(=O)COc2ccc(C#N)cc2)cc1. The molecule has 1 heterocycles. The highest BCUT2D eigenvalue weighted by Crippen LogP contribution is 2.17. The molecule has 1 saturated heterocycles. The van der Waals surface area contributed by atoms with Crippen LogP contribution in [0.25, 0.3) is 0 Å². The van der Waals surface area contributed by atoms with Crippen LogP contribution in [0, 0.1) is 18.3 Å². The number of carbonyl (C=O) groups is 1. The second-order valence-electron chi connectivity index (χ2n) is 6.87. The molecule has 0 unspecified atom stereocenters. The van der Waals surface area contributed by atoms with Crippen molar-refractivity contribution in [2.75, 3.05) is 39.5 Å². The van der Waals surface area contributed by atoms with Gasteiger partial charge in [0.1, 0.15) is 5.75 Å². The molecule has 0 bridgehead atoms. The fourth-order valence-corrected chi connectivity index (χ4v) is 3.09. The zero-order valence-electron chi connectivity index (χ0n) is 16.1. The van der Waals surface area contributed by atoms with Crippen molar-refractivity contribution >= 4 is 5.91 Å². The second-order valence-corrected chi connectivity index (χ2v) is 6.87. The van der Waals surface area contributed by atoms with E-state index < -0.39 is 0 Å². The zero-order valence-corrected chi connectivity index (χ0v) is 16.1. The van der Waals surface area contributed by atoms with Gasteiger partial charge in [0, 0.05) is 19.6 Å². The predicted octanol–water partition coefficient (Wildman–Crippen LogP) is 2.44. The van der Waals surface area contributed by atoms with Gasteiger partial charge in [0.05, 0.1) is 30.9 Å². The Balaban J connectivity index is 1.61. The summed E-state index contributed by atoms with van der Waals surface area (Å²) in [6.45, 7) is 5.86. The van der Waals surface area contributed by atoms with Gasteiger partial charge >= 0.3 is 0 Å². The summed E-state index contributed by atoms with van der Waals surface area (Å²) in [6.07, 6.45) is 0. The number of carbonyl (C=O) groups excluding carboxylic acids is 1. The quantitative estimate of drug-likeness (QED) is 0.800. The van der Waals surface area contributed by atoms with E-state index in [1.165, 1.54) is 5.56 Å². The van der Waals surface area contributed by atoms with E-state index >= 15 is 0 Å². The van der Waals surface area contributed by atoms with E-state index in [4.69, 9.17) is 14.7 Å². The number of benzene rings is 2. The molecule has 6 heteroatoms. The molecule has 28 heavy (non-hydrogen) atoms. The van der Waals surface area contributed by atoms with Crippen LogP contribution >= 0.6 is 0 Å². The van der Waals surface area contributed by atoms with E-state index in [0.717, 1.165) is 38.4 Å². The average Bonchev–Trinajstić information content (AvgIpc) is 2.73. The Kier molecular flexibility index (Phi) is 7.01. The van der Waals surface area contributed by atoms with E-state index in [1.54, 1.807) is 24.3 Å². The number of morpholine rings is 1. The zero-order chi connectivity index (χ0) is 19.8. The van der Waals surface area contributed by atoms with Crippen LogP contribution in [-0.2, 0) is 9.53 Å². The third kappa shape index (κ3) is 5.81. The van der Waals surface area contributed by atoms with E-state index in [0.29, 0.717) is 11.3 Å². The summed E-state index contributed by atoms with van der Waals surface area (Å²) >= 11 is 0. The molecule has 1 atom stereocenters. The lowest BCUT2D eigenvalue weighted by atomic mass is 10.0. The maximum absolute atomic E-state index is 12.5. The minimum atomic E-state index is -0.178. The van der Waals surface area contributed by atoms with Gasteiger partial charge < -0.3 is 14.8 Å². The number of nitrogens with zero attached hydrogens (tertiary/aromatic N) is 2. The number of aryl methyl sites for hydroxylation is 1. The summed E-state index contributed by atoms with van der Waals surface area (Å²) in [5.74, 6) is 0.386. The second kappa shape index (κ2) is 9.88. The smallest absolute Gasteiger partial charge is 0.258 e. The first-order valence-electron chi connectivity index (χ1n) is 9.43. The number of rotatable bonds is 7. The molecule has 1 amide bonds. The van der Waals surface area contributed by atoms with Crippen LogP contribution in [0.2, 0.25) is 0 Å². The molecule has 146 valence electrons. The highest BCUT2D eigenvalue weighted by Gasteiger charge is 2.20. The number of nitriles is 1. The van der Waals surface area contributed by atoms with Crippen LogP contribution in [0.15, 0.2) is 48.5 Å². The fraction of sp³-hybridized carbons (Fsp3) is 0.364. The van der Waals surface area contributed by atoms with Gasteiger partial charge in [0.25, 0.3) is 5.91 Å². The largest absolute Gasteiger partial charge is 0.484 e. The number of hydrogen-bond donors (Lipinski definition) is 1. The highest BCUT2D eigenvalue weighted by molar-refractivity contribution is 5.78. The molecule has 0 aliphatic carbocycles. The molecule has 1 aliphatic rings. The number of nitrogens with one attached hydrogen (secondary N) is 1. The van der Waals surface area contributed by atoms with Crippen LogP contribution in [0.1, 0.15) is 22.7 Å². The van der Waals surface area contributed by atoms with Gasteiger partial charge in [-0.15, -0.1) is 0 Å². The molecule has 6 nitrogen and oxygen atoms in total. The van der Waals surface area contributed by atoms with Crippen LogP contribution in [0.4, 0.5) is 0 Å². The Morgan fingerprint density at radius 2 is 1.86 bits per heavy atom. The standard InChI is InChI=1S/C22H25N3O3/c1-17-2-6-19(7-3-17)21(15-25-10-12-27-13-11-25)24-22(26)16-28-20-8-4-18(14-23)5-9-20/h2-9,21H,10-13,15-16H2,1H3,(H,24,26)/t21-/m0/s1. The summed E-state index contributed by atoms with van der Waals surface area (Å²) in [4.78, 5) is 14.8. The van der Waals surface area contributed by atoms with Gasteiger partial charge in [-0.05, 0) is 36.8 Å². The predicted molar refractivity (Wildman–Crippen MR) is 106 cm³/mol. The fourth-order valence-electron chi connectivity index (χ4n) is 3.09. The number of hydrogen-bond acceptors (Lipinski definition) is 5. The number of ether oxygens (including phenoxy) is 2. The molecule has 2 aromatic rings. The lowest BCUT2D eigenvalue weighted by Gasteiger charge is -2.31. The summed E-state index contributed by atoms with van der Waals surface area (Å²) in [6, 6.07) is 16.9. The molecule has 1 fully saturated rings. The van der Waals surface area contributed by atoms with Gasteiger partial charge in [-0.2, -0.15) is 5.26 Å². The van der Waals surface area contributed by atoms with Crippen molar-refractivity contribution in [2.24, 2.45) is 0 Å². The third-order valence-electron chi connectivity index (χ3n) is 4.71. The van der Waals surface area contributed by atoms with Crippen LogP contribution in [0.5, 0.6) is 5.75 Å². The summed E-state index contributed by atoms with van der Waals surface area (Å²) in [7, 11) is 0. The van der Waals surface area contributed by atoms with Crippen LogP contribution in [-0.4, -0.2) is 50.3 Å². The molecule has 0 radical (unpaired) electrons. The molecule has 2 aromatic carbocycles. The number of amides is 1. The molecular formula is C22H25N3O3. The molecule has 0 saturated carbocycles. The molecule has 1 N–H and O–H groups in total. The van der Waals surface area contributed by atoms with Crippen molar-refractivity contribution in [1.29, 1.82) is 5.26 Å². The normalized spacial score (nSPS) is 15.4. The van der Waals surface area contributed by atoms with Crippen molar-refractivity contribution in [3.05, 3.63) is 65.2 Å². The van der Waals surface area contributed by atoms with Crippen molar-refractivity contribution in [3.8, 4) is 11.8 Å². The Hall–Kier alpha value is -2.88. The summed E-state index contributed by atoms with van der Waals surface area (Å²) in [5, 5.41) is 11.9. The third-order valence-corrected chi connectivity index (χ3v) is 4.71. The Labute approximate surface area is 165 Å². The monoisotopic (exact) mass is 379 g/mol. The average molecular weight is 379 g/mol. The van der Waals surface area contributed by atoms with E-state index in [9.17, 15) is 4.79 Å². The van der Waals surface area contributed by atoms with Crippen LogP contribution < -0.4 is 10.1 Å². The molecule has 0 aromatic heterocycles. The van der Waals surface area contributed by atoms with Gasteiger partial charge in [0.15, 0.2) is 6.61 Å². The molecule has 0 spiro atoms. The van der Waals surface area contributed by atoms with E-state index in [-0.39, 0.29) is 18.6 Å². The lowest BCUT2D eigenvalue weighted by Crippen LogP contribution is -2.44. The first kappa shape index (κ1) is 19.9. The Morgan fingerprint density at radius 3 is 2.50 bits per heavy atom. The molecule has 1 aliphatic heterocycles. The maximum atomic E-state index is 12.5. The van der Waals surface area contributed by atoms with Crippen molar-refractivity contribution in [3.63, 3.8) is 0 Å². The Morgan fingerprint density at radius 1 is 1.18 bits per heavy atom. The first-order chi connectivity index (χ1) is 13.6. The molecular weight excluding hydrogens is 354 g/mol. The minimum absolute atomic E-state index is 0.0721. The summed E-state index contributed by atoms with van der Waals surface area (Å²) < 4.78 is 11.0. The molecule has 3 rings (SSSR count). The van der Waals surface area contributed by atoms with Crippen molar-refractivity contribution in [2.45, 2.75) is 13.0 Å². The van der Waals surface area contributed by atoms with Crippen LogP contribution in [0.3, 0.4) is 0 Å².